The highest BCUT2D eigenvalue weighted by Gasteiger charge is 2.19. The highest BCUT2D eigenvalue weighted by molar-refractivity contribution is 6.32. The number of aromatic nitrogens is 2. The number of nitrogens with zero attached hydrogens (tertiary/aromatic N) is 2. The average molecular weight is 255 g/mol. The van der Waals surface area contributed by atoms with Gasteiger partial charge in [-0.15, -0.1) is 0 Å². The maximum absolute atomic E-state index is 6.09. The Labute approximate surface area is 107 Å². The highest BCUT2D eigenvalue weighted by atomic mass is 35.5. The third-order valence-electron chi connectivity index (χ3n) is 3.24. The monoisotopic (exact) mass is 254 g/mol. The Kier molecular flexibility index (Phi) is 4.05. The second kappa shape index (κ2) is 5.54. The number of hydrogen-bond donors (Lipinski definition) is 2. The van der Waals surface area contributed by atoms with Gasteiger partial charge >= 0.3 is 0 Å². The van der Waals surface area contributed by atoms with Gasteiger partial charge in [-0.3, -0.25) is 0 Å². The fourth-order valence-corrected chi connectivity index (χ4v) is 2.49. The summed E-state index contributed by atoms with van der Waals surface area (Å²) < 4.78 is 0. The van der Waals surface area contributed by atoms with E-state index in [0.29, 0.717) is 17.0 Å². The van der Waals surface area contributed by atoms with Gasteiger partial charge in [-0.05, 0) is 18.8 Å². The van der Waals surface area contributed by atoms with Gasteiger partial charge in [0.05, 0.1) is 6.20 Å². The summed E-state index contributed by atoms with van der Waals surface area (Å²) >= 11 is 6.09. The molecule has 0 aromatic carbocycles. The van der Waals surface area contributed by atoms with Gasteiger partial charge in [-0.25, -0.2) is 4.98 Å². The predicted molar refractivity (Wildman–Crippen MR) is 71.6 cm³/mol. The molecule has 94 valence electrons. The van der Waals surface area contributed by atoms with E-state index in [4.69, 9.17) is 11.6 Å². The predicted octanol–water partition coefficient (Wildman–Crippen LogP) is 3.16. The van der Waals surface area contributed by atoms with Gasteiger partial charge in [0.1, 0.15) is 5.02 Å². The maximum Gasteiger partial charge on any atom is 0.224 e. The molecule has 0 bridgehead atoms. The zero-order chi connectivity index (χ0) is 12.3. The molecule has 1 aliphatic rings. The highest BCUT2D eigenvalue weighted by Crippen LogP contribution is 2.28. The summed E-state index contributed by atoms with van der Waals surface area (Å²) in [6.07, 6.45) is 6.63. The SMILES string of the molecule is CNc1ncc(Cl)c(NC2CCCC(C)C2)n1. The van der Waals surface area contributed by atoms with Crippen molar-refractivity contribution in [2.75, 3.05) is 17.7 Å². The minimum Gasteiger partial charge on any atom is -0.366 e. The first-order chi connectivity index (χ1) is 8.19. The van der Waals surface area contributed by atoms with E-state index >= 15 is 0 Å². The van der Waals surface area contributed by atoms with Crippen molar-refractivity contribution in [3.8, 4) is 0 Å². The van der Waals surface area contributed by atoms with E-state index in [-0.39, 0.29) is 0 Å². The Morgan fingerprint density at radius 1 is 1.41 bits per heavy atom. The fourth-order valence-electron chi connectivity index (χ4n) is 2.35. The molecule has 1 aromatic rings. The quantitative estimate of drug-likeness (QED) is 0.870. The Balaban J connectivity index is 2.06. The van der Waals surface area contributed by atoms with Crippen LogP contribution in [0.3, 0.4) is 0 Å². The van der Waals surface area contributed by atoms with E-state index in [0.717, 1.165) is 11.7 Å². The van der Waals surface area contributed by atoms with E-state index in [2.05, 4.69) is 27.5 Å². The molecule has 1 aliphatic carbocycles. The summed E-state index contributed by atoms with van der Waals surface area (Å²) in [4.78, 5) is 8.42. The molecule has 17 heavy (non-hydrogen) atoms. The molecule has 0 aliphatic heterocycles. The van der Waals surface area contributed by atoms with Gasteiger partial charge in [0.25, 0.3) is 0 Å². The standard InChI is InChI=1S/C12H19ClN4/c1-8-4-3-5-9(6-8)16-11-10(13)7-15-12(14-2)17-11/h7-9H,3-6H2,1-2H3,(H2,14,15,16,17). The van der Waals surface area contributed by atoms with E-state index in [1.54, 1.807) is 13.2 Å². The van der Waals surface area contributed by atoms with Crippen LogP contribution in [0.2, 0.25) is 5.02 Å². The summed E-state index contributed by atoms with van der Waals surface area (Å²) in [6.45, 7) is 2.30. The van der Waals surface area contributed by atoms with Crippen LogP contribution in [0.5, 0.6) is 0 Å². The lowest BCUT2D eigenvalue weighted by molar-refractivity contribution is 0.358. The number of rotatable bonds is 3. The van der Waals surface area contributed by atoms with Crippen molar-refractivity contribution in [1.82, 2.24) is 9.97 Å². The molecular weight excluding hydrogens is 236 g/mol. The molecule has 0 radical (unpaired) electrons. The Hall–Kier alpha value is -1.03. The van der Waals surface area contributed by atoms with Crippen molar-refractivity contribution in [1.29, 1.82) is 0 Å². The van der Waals surface area contributed by atoms with Crippen molar-refractivity contribution >= 4 is 23.4 Å². The second-order valence-electron chi connectivity index (χ2n) is 4.75. The first-order valence-electron chi connectivity index (χ1n) is 6.16. The van der Waals surface area contributed by atoms with Crippen LogP contribution >= 0.6 is 11.6 Å². The van der Waals surface area contributed by atoms with Gasteiger partial charge in [0.2, 0.25) is 5.95 Å². The van der Waals surface area contributed by atoms with Crippen LogP contribution in [0, 0.1) is 5.92 Å². The molecule has 5 heteroatoms. The van der Waals surface area contributed by atoms with Crippen LogP contribution in [0.15, 0.2) is 6.20 Å². The molecule has 1 heterocycles. The first-order valence-corrected chi connectivity index (χ1v) is 6.53. The van der Waals surface area contributed by atoms with E-state index < -0.39 is 0 Å². The smallest absolute Gasteiger partial charge is 0.224 e. The molecule has 0 saturated heterocycles. The normalized spacial score (nSPS) is 24.4. The Morgan fingerprint density at radius 3 is 2.94 bits per heavy atom. The average Bonchev–Trinajstić information content (AvgIpc) is 2.32. The van der Waals surface area contributed by atoms with Crippen LogP contribution in [0.25, 0.3) is 0 Å². The summed E-state index contributed by atoms with van der Waals surface area (Å²) in [7, 11) is 1.80. The van der Waals surface area contributed by atoms with Gasteiger partial charge in [-0.2, -0.15) is 4.98 Å². The fraction of sp³-hybridized carbons (Fsp3) is 0.667. The Bertz CT molecular complexity index is 383. The largest absolute Gasteiger partial charge is 0.366 e. The molecule has 1 saturated carbocycles. The third kappa shape index (κ3) is 3.22. The molecule has 2 rings (SSSR count). The van der Waals surface area contributed by atoms with Crippen LogP contribution < -0.4 is 10.6 Å². The lowest BCUT2D eigenvalue weighted by Crippen LogP contribution is -2.26. The number of anilines is 2. The molecule has 1 fully saturated rings. The first kappa shape index (κ1) is 12.4. The minimum atomic E-state index is 0.482. The van der Waals surface area contributed by atoms with Crippen molar-refractivity contribution < 1.29 is 0 Å². The summed E-state index contributed by atoms with van der Waals surface area (Å²) in [5.41, 5.74) is 0. The van der Waals surface area contributed by atoms with Gasteiger partial charge < -0.3 is 10.6 Å². The van der Waals surface area contributed by atoms with Crippen LogP contribution in [0.4, 0.5) is 11.8 Å². The van der Waals surface area contributed by atoms with Crippen molar-refractivity contribution in [3.63, 3.8) is 0 Å². The molecule has 4 nitrogen and oxygen atoms in total. The number of halogens is 1. The van der Waals surface area contributed by atoms with Crippen molar-refractivity contribution in [2.45, 2.75) is 38.6 Å². The van der Waals surface area contributed by atoms with Crippen molar-refractivity contribution in [2.24, 2.45) is 5.92 Å². The molecule has 2 unspecified atom stereocenters. The van der Waals surface area contributed by atoms with Crippen LogP contribution in [0.1, 0.15) is 32.6 Å². The number of hydrogen-bond acceptors (Lipinski definition) is 4. The minimum absolute atomic E-state index is 0.482. The topological polar surface area (TPSA) is 49.8 Å². The van der Waals surface area contributed by atoms with Crippen molar-refractivity contribution in [3.05, 3.63) is 11.2 Å². The molecule has 2 N–H and O–H groups in total. The molecule has 1 aromatic heterocycles. The summed E-state index contributed by atoms with van der Waals surface area (Å²) in [5.74, 6) is 2.12. The molecule has 2 atom stereocenters. The van der Waals surface area contributed by atoms with E-state index in [9.17, 15) is 0 Å². The summed E-state index contributed by atoms with van der Waals surface area (Å²) in [5, 5.41) is 6.94. The van der Waals surface area contributed by atoms with Gasteiger partial charge in [-0.1, -0.05) is 31.4 Å². The lowest BCUT2D eigenvalue weighted by Gasteiger charge is -2.28. The number of nitrogens with one attached hydrogen (secondary N) is 2. The molecule has 0 amide bonds. The lowest BCUT2D eigenvalue weighted by atomic mass is 9.87. The zero-order valence-corrected chi connectivity index (χ0v) is 11.1. The third-order valence-corrected chi connectivity index (χ3v) is 3.52. The Morgan fingerprint density at radius 2 is 2.24 bits per heavy atom. The van der Waals surface area contributed by atoms with Crippen LogP contribution in [-0.2, 0) is 0 Å². The summed E-state index contributed by atoms with van der Waals surface area (Å²) in [6, 6.07) is 0.482. The zero-order valence-electron chi connectivity index (χ0n) is 10.3. The van der Waals surface area contributed by atoms with E-state index in [1.807, 2.05) is 0 Å². The second-order valence-corrected chi connectivity index (χ2v) is 5.16. The van der Waals surface area contributed by atoms with Crippen LogP contribution in [-0.4, -0.2) is 23.1 Å². The molecule has 0 spiro atoms. The van der Waals surface area contributed by atoms with E-state index in [1.165, 1.54) is 25.7 Å². The van der Waals surface area contributed by atoms with Gasteiger partial charge in [0.15, 0.2) is 5.82 Å². The maximum atomic E-state index is 6.09. The molecular formula is C12H19ClN4. The van der Waals surface area contributed by atoms with Gasteiger partial charge in [0, 0.05) is 13.1 Å².